The number of aromatic nitrogens is 2. The molecule has 0 aliphatic carbocycles. The van der Waals surface area contributed by atoms with Crippen LogP contribution in [0, 0.1) is 11.3 Å². The number of anilines is 3. The Bertz CT molecular complexity index is 3190. The molecule has 11 rings (SSSR count). The minimum Gasteiger partial charge on any atom is -0.436 e. The van der Waals surface area contributed by atoms with Crippen LogP contribution < -0.4 is 4.90 Å². The molecular formula is C51H30N4O2. The Balaban J connectivity index is 0.982. The summed E-state index contributed by atoms with van der Waals surface area (Å²) in [4.78, 5) is 11.7. The maximum atomic E-state index is 9.43. The lowest BCUT2D eigenvalue weighted by molar-refractivity contribution is 0.619. The summed E-state index contributed by atoms with van der Waals surface area (Å²) < 4.78 is 12.2. The maximum absolute atomic E-state index is 9.43. The Morgan fingerprint density at radius 1 is 0.421 bits per heavy atom. The number of oxazole rings is 2. The molecule has 0 unspecified atom stereocenters. The molecule has 11 aromatic rings. The molecule has 0 bridgehead atoms. The van der Waals surface area contributed by atoms with Gasteiger partial charge in [0.1, 0.15) is 11.0 Å². The molecule has 0 aliphatic rings. The zero-order chi connectivity index (χ0) is 37.9. The van der Waals surface area contributed by atoms with Crippen LogP contribution in [0.2, 0.25) is 0 Å². The summed E-state index contributed by atoms with van der Waals surface area (Å²) in [5.74, 6) is 1.18. The predicted molar refractivity (Wildman–Crippen MR) is 230 cm³/mol. The molecule has 0 saturated heterocycles. The lowest BCUT2D eigenvalue weighted by Crippen LogP contribution is -2.09. The Morgan fingerprint density at radius 3 is 1.63 bits per heavy atom. The molecule has 9 aromatic carbocycles. The average Bonchev–Trinajstić information content (AvgIpc) is 3.91. The zero-order valence-corrected chi connectivity index (χ0v) is 30.4. The molecule has 0 amide bonds. The first-order valence-electron chi connectivity index (χ1n) is 18.8. The number of nitrogens with zero attached hydrogens (tertiary/aromatic N) is 4. The molecule has 2 aromatic heterocycles. The van der Waals surface area contributed by atoms with Crippen molar-refractivity contribution in [2.75, 3.05) is 4.90 Å². The highest BCUT2D eigenvalue weighted by Gasteiger charge is 2.17. The summed E-state index contributed by atoms with van der Waals surface area (Å²) in [6.07, 6.45) is 0. The van der Waals surface area contributed by atoms with Crippen molar-refractivity contribution in [1.29, 1.82) is 5.26 Å². The second kappa shape index (κ2) is 13.1. The van der Waals surface area contributed by atoms with E-state index in [1.54, 1.807) is 0 Å². The van der Waals surface area contributed by atoms with Gasteiger partial charge in [-0.3, -0.25) is 0 Å². The molecule has 6 heteroatoms. The molecule has 0 saturated carbocycles. The third-order valence-electron chi connectivity index (χ3n) is 10.7. The van der Waals surface area contributed by atoms with Crippen molar-refractivity contribution >= 4 is 71.6 Å². The SMILES string of the molecule is N#Cc1ccc2cc3c(-c4ccc5cc(N(c6ccc(-c7nc8ccccc8o7)cc6)c6ccc(-c7nc8ccccc8o7)cc6)ccc5c4)cccc3cc2c1. The van der Waals surface area contributed by atoms with Crippen molar-refractivity contribution in [3.05, 3.63) is 188 Å². The molecule has 6 nitrogen and oxygen atoms in total. The predicted octanol–water partition coefficient (Wildman–Crippen LogP) is 13.8. The molecule has 0 atom stereocenters. The van der Waals surface area contributed by atoms with E-state index in [2.05, 4.69) is 126 Å². The fourth-order valence-electron chi connectivity index (χ4n) is 7.83. The smallest absolute Gasteiger partial charge is 0.227 e. The van der Waals surface area contributed by atoms with E-state index in [0.717, 1.165) is 82.9 Å². The van der Waals surface area contributed by atoms with Gasteiger partial charge in [-0.25, -0.2) is 9.97 Å². The highest BCUT2D eigenvalue weighted by Crippen LogP contribution is 2.40. The second-order valence-corrected chi connectivity index (χ2v) is 14.2. The summed E-state index contributed by atoms with van der Waals surface area (Å²) in [5.41, 5.74) is 11.0. The van der Waals surface area contributed by atoms with Crippen molar-refractivity contribution in [3.8, 4) is 40.1 Å². The van der Waals surface area contributed by atoms with Crippen molar-refractivity contribution in [1.82, 2.24) is 9.97 Å². The van der Waals surface area contributed by atoms with Crippen LogP contribution in [0.15, 0.2) is 191 Å². The standard InChI is InChI=1S/C51H30N4O2/c52-31-32-12-13-37-30-45-38(28-40(37)26-32)6-5-7-44(45)39-15-14-36-29-43(25-20-35(36)27-39)55(41-21-16-33(17-22-41)50-53-46-8-1-3-10-48(46)56-50)42-23-18-34(19-24-42)51-54-47-9-2-4-11-49(47)57-51/h1-30H. The minimum atomic E-state index is 0.589. The quantitative estimate of drug-likeness (QED) is 0.159. The number of para-hydroxylation sites is 4. The zero-order valence-electron chi connectivity index (χ0n) is 30.4. The molecule has 0 aliphatic heterocycles. The van der Waals surface area contributed by atoms with Gasteiger partial charge in [0.15, 0.2) is 11.2 Å². The molecule has 0 spiro atoms. The van der Waals surface area contributed by atoms with E-state index in [4.69, 9.17) is 18.8 Å². The molecule has 2 heterocycles. The monoisotopic (exact) mass is 730 g/mol. The van der Waals surface area contributed by atoms with Crippen LogP contribution in [0.1, 0.15) is 5.56 Å². The van der Waals surface area contributed by atoms with Crippen LogP contribution in [-0.2, 0) is 0 Å². The second-order valence-electron chi connectivity index (χ2n) is 14.2. The van der Waals surface area contributed by atoms with E-state index in [1.807, 2.05) is 66.7 Å². The van der Waals surface area contributed by atoms with Gasteiger partial charge in [0.25, 0.3) is 0 Å². The third-order valence-corrected chi connectivity index (χ3v) is 10.7. The summed E-state index contributed by atoms with van der Waals surface area (Å²) in [6.45, 7) is 0. The fourth-order valence-corrected chi connectivity index (χ4v) is 7.83. The van der Waals surface area contributed by atoms with Crippen molar-refractivity contribution < 1.29 is 8.83 Å². The first kappa shape index (κ1) is 32.4. The van der Waals surface area contributed by atoms with Gasteiger partial charge in [0.2, 0.25) is 11.8 Å². The number of benzene rings is 9. The van der Waals surface area contributed by atoms with Crippen LogP contribution in [0.25, 0.3) is 88.6 Å². The molecular weight excluding hydrogens is 701 g/mol. The van der Waals surface area contributed by atoms with Crippen molar-refractivity contribution in [2.24, 2.45) is 0 Å². The third kappa shape index (κ3) is 5.74. The van der Waals surface area contributed by atoms with E-state index in [9.17, 15) is 5.26 Å². The van der Waals surface area contributed by atoms with Crippen molar-refractivity contribution in [3.63, 3.8) is 0 Å². The maximum Gasteiger partial charge on any atom is 0.227 e. The molecule has 0 radical (unpaired) electrons. The lowest BCUT2D eigenvalue weighted by Gasteiger charge is -2.26. The Hall–Kier alpha value is -8.01. The van der Waals surface area contributed by atoms with Gasteiger partial charge in [-0.15, -0.1) is 0 Å². The van der Waals surface area contributed by atoms with E-state index in [0.29, 0.717) is 17.3 Å². The van der Waals surface area contributed by atoms with Crippen LogP contribution in [0.3, 0.4) is 0 Å². The number of hydrogen-bond acceptors (Lipinski definition) is 6. The number of hydrogen-bond donors (Lipinski definition) is 0. The van der Waals surface area contributed by atoms with Crippen molar-refractivity contribution in [2.45, 2.75) is 0 Å². The first-order chi connectivity index (χ1) is 28.1. The summed E-state index contributed by atoms with van der Waals surface area (Å²) in [6, 6.07) is 64.6. The highest BCUT2D eigenvalue weighted by atomic mass is 16.4. The van der Waals surface area contributed by atoms with E-state index in [-0.39, 0.29) is 0 Å². The van der Waals surface area contributed by atoms with Gasteiger partial charge >= 0.3 is 0 Å². The van der Waals surface area contributed by atoms with E-state index >= 15 is 0 Å². The normalized spacial score (nSPS) is 11.5. The Kier molecular flexibility index (Phi) is 7.44. The van der Waals surface area contributed by atoms with Gasteiger partial charge in [0, 0.05) is 28.2 Å². The fraction of sp³-hybridized carbons (Fsp3) is 0. The molecule has 57 heavy (non-hydrogen) atoms. The van der Waals surface area contributed by atoms with Gasteiger partial charge in [-0.2, -0.15) is 5.26 Å². The number of rotatable bonds is 6. The van der Waals surface area contributed by atoms with Gasteiger partial charge < -0.3 is 13.7 Å². The van der Waals surface area contributed by atoms with Crippen LogP contribution >= 0.6 is 0 Å². The summed E-state index contributed by atoms with van der Waals surface area (Å²) in [7, 11) is 0. The van der Waals surface area contributed by atoms with Crippen LogP contribution in [-0.4, -0.2) is 9.97 Å². The Morgan fingerprint density at radius 2 is 0.982 bits per heavy atom. The van der Waals surface area contributed by atoms with Crippen LogP contribution in [0.4, 0.5) is 17.1 Å². The topological polar surface area (TPSA) is 79.1 Å². The molecule has 0 N–H and O–H groups in total. The first-order valence-corrected chi connectivity index (χ1v) is 18.8. The highest BCUT2D eigenvalue weighted by molar-refractivity contribution is 6.06. The summed E-state index contributed by atoms with van der Waals surface area (Å²) in [5, 5.41) is 16.2. The van der Waals surface area contributed by atoms with Crippen LogP contribution in [0.5, 0.6) is 0 Å². The largest absolute Gasteiger partial charge is 0.436 e. The van der Waals surface area contributed by atoms with E-state index < -0.39 is 0 Å². The van der Waals surface area contributed by atoms with Gasteiger partial charge in [-0.1, -0.05) is 66.7 Å². The average molecular weight is 731 g/mol. The molecule has 266 valence electrons. The minimum absolute atomic E-state index is 0.589. The van der Waals surface area contributed by atoms with Gasteiger partial charge in [-0.05, 0) is 159 Å². The lowest BCUT2D eigenvalue weighted by atomic mass is 9.94. The Labute approximate surface area is 327 Å². The molecule has 0 fully saturated rings. The van der Waals surface area contributed by atoms with E-state index in [1.165, 1.54) is 10.9 Å². The number of nitriles is 1. The number of fused-ring (bicyclic) bond motifs is 5. The van der Waals surface area contributed by atoms with Gasteiger partial charge in [0.05, 0.1) is 11.6 Å². The summed E-state index contributed by atoms with van der Waals surface area (Å²) >= 11 is 0.